The van der Waals surface area contributed by atoms with Crippen molar-refractivity contribution < 1.29 is 9.47 Å². The van der Waals surface area contributed by atoms with Gasteiger partial charge in [-0.15, -0.1) is 0 Å². The molecule has 0 fully saturated rings. The molecule has 0 aliphatic rings. The van der Waals surface area contributed by atoms with Crippen LogP contribution >= 0.6 is 28.1 Å². The van der Waals surface area contributed by atoms with Crippen LogP contribution in [-0.4, -0.2) is 18.4 Å². The van der Waals surface area contributed by atoms with E-state index in [2.05, 4.69) is 31.8 Å². The van der Waals surface area contributed by atoms with Crippen LogP contribution in [0.4, 0.5) is 5.69 Å². The van der Waals surface area contributed by atoms with E-state index in [0.717, 1.165) is 32.8 Å². The van der Waals surface area contributed by atoms with Gasteiger partial charge >= 0.3 is 0 Å². The van der Waals surface area contributed by atoms with E-state index in [9.17, 15) is 0 Å². The Balaban J connectivity index is 1.55. The fourth-order valence-corrected chi connectivity index (χ4v) is 2.89. The maximum absolute atomic E-state index is 5.94. The lowest BCUT2D eigenvalue weighted by Crippen LogP contribution is -2.23. The molecule has 0 aromatic heterocycles. The number of nitrogens with zero attached hydrogens (tertiary/aromatic N) is 1. The van der Waals surface area contributed by atoms with Crippen molar-refractivity contribution in [3.8, 4) is 11.5 Å². The van der Waals surface area contributed by atoms with Crippen molar-refractivity contribution >= 4 is 45.2 Å². The number of hydrazone groups is 1. The largest absolute Gasteiger partial charge is 0.497 e. The first-order valence-corrected chi connectivity index (χ1v) is 10.0. The van der Waals surface area contributed by atoms with E-state index in [1.54, 1.807) is 13.3 Å². The minimum absolute atomic E-state index is 0.389. The molecule has 7 heteroatoms. The van der Waals surface area contributed by atoms with Gasteiger partial charge < -0.3 is 14.8 Å². The monoisotopic (exact) mass is 469 g/mol. The molecule has 0 radical (unpaired) electrons. The Morgan fingerprint density at radius 1 is 1.03 bits per heavy atom. The molecule has 29 heavy (non-hydrogen) atoms. The average Bonchev–Trinajstić information content (AvgIpc) is 2.75. The Labute approximate surface area is 183 Å². The summed E-state index contributed by atoms with van der Waals surface area (Å²) in [7, 11) is 1.63. The maximum atomic E-state index is 5.94. The summed E-state index contributed by atoms with van der Waals surface area (Å²) >= 11 is 8.70. The number of hydrogen-bond acceptors (Lipinski definition) is 4. The fraction of sp³-hybridized carbons (Fsp3) is 0.0909. The third-order valence-electron chi connectivity index (χ3n) is 3.94. The van der Waals surface area contributed by atoms with Gasteiger partial charge in [0.25, 0.3) is 0 Å². The molecule has 5 nitrogen and oxygen atoms in total. The summed E-state index contributed by atoms with van der Waals surface area (Å²) in [6, 6.07) is 23.2. The molecule has 0 atom stereocenters. The highest BCUT2D eigenvalue weighted by Crippen LogP contribution is 2.19. The van der Waals surface area contributed by atoms with Crippen molar-refractivity contribution in [3.63, 3.8) is 0 Å². The van der Waals surface area contributed by atoms with Gasteiger partial charge in [0.15, 0.2) is 5.11 Å². The first-order chi connectivity index (χ1) is 14.1. The van der Waals surface area contributed by atoms with Gasteiger partial charge in [0.2, 0.25) is 0 Å². The molecule has 148 valence electrons. The van der Waals surface area contributed by atoms with Gasteiger partial charge in [0.05, 0.1) is 13.3 Å². The van der Waals surface area contributed by atoms with Crippen LogP contribution in [-0.2, 0) is 6.61 Å². The van der Waals surface area contributed by atoms with Crippen molar-refractivity contribution in [1.29, 1.82) is 0 Å². The highest BCUT2D eigenvalue weighted by atomic mass is 79.9. The summed E-state index contributed by atoms with van der Waals surface area (Å²) in [6.45, 7) is 0.475. The zero-order chi connectivity index (χ0) is 20.5. The molecule has 0 spiro atoms. The quantitative estimate of drug-likeness (QED) is 0.277. The highest BCUT2D eigenvalue weighted by molar-refractivity contribution is 9.10. The SMILES string of the molecule is COc1ccc(NC(=S)NN=Cc2ccccc2OCc2ccc(Br)cc2)cc1. The number of thiocarbonyl (C=S) groups is 1. The van der Waals surface area contributed by atoms with Gasteiger partial charge in [0, 0.05) is 15.7 Å². The molecule has 2 N–H and O–H groups in total. The zero-order valence-electron chi connectivity index (χ0n) is 15.8. The number of hydrogen-bond donors (Lipinski definition) is 2. The van der Waals surface area contributed by atoms with Crippen molar-refractivity contribution in [1.82, 2.24) is 5.43 Å². The third-order valence-corrected chi connectivity index (χ3v) is 4.67. The van der Waals surface area contributed by atoms with E-state index >= 15 is 0 Å². The zero-order valence-corrected chi connectivity index (χ0v) is 18.2. The van der Waals surface area contributed by atoms with E-state index in [0.29, 0.717) is 11.7 Å². The number of ether oxygens (including phenoxy) is 2. The van der Waals surface area contributed by atoms with Gasteiger partial charge in [0.1, 0.15) is 18.1 Å². The first kappa shape index (κ1) is 20.8. The molecule has 0 amide bonds. The Kier molecular flexibility index (Phi) is 7.61. The average molecular weight is 470 g/mol. The van der Waals surface area contributed by atoms with Crippen molar-refractivity contribution in [3.05, 3.63) is 88.4 Å². The second kappa shape index (κ2) is 10.6. The molecule has 3 aromatic carbocycles. The lowest BCUT2D eigenvalue weighted by molar-refractivity contribution is 0.306. The van der Waals surface area contributed by atoms with Crippen LogP contribution in [0, 0.1) is 0 Å². The molecule has 0 saturated heterocycles. The number of para-hydroxylation sites is 1. The molecular formula is C22H20BrN3O2S. The normalized spacial score (nSPS) is 10.6. The lowest BCUT2D eigenvalue weighted by atomic mass is 10.2. The fourth-order valence-electron chi connectivity index (χ4n) is 2.45. The van der Waals surface area contributed by atoms with Gasteiger partial charge in [-0.2, -0.15) is 5.10 Å². The second-order valence-corrected chi connectivity index (χ2v) is 7.33. The van der Waals surface area contributed by atoms with Crippen molar-refractivity contribution in [2.75, 3.05) is 12.4 Å². The predicted octanol–water partition coefficient (Wildman–Crippen LogP) is 5.36. The van der Waals surface area contributed by atoms with E-state index in [1.807, 2.05) is 72.8 Å². The summed E-state index contributed by atoms with van der Waals surface area (Å²) in [5.41, 5.74) is 5.59. The minimum Gasteiger partial charge on any atom is -0.497 e. The van der Waals surface area contributed by atoms with E-state index in [-0.39, 0.29) is 0 Å². The standard InChI is InChI=1S/C22H20BrN3O2S/c1-27-20-12-10-19(11-13-20)25-22(29)26-24-14-17-4-2-3-5-21(17)28-15-16-6-8-18(23)9-7-16/h2-14H,15H2,1H3,(H2,25,26,29). The maximum Gasteiger partial charge on any atom is 0.191 e. The number of halogens is 1. The highest BCUT2D eigenvalue weighted by Gasteiger charge is 2.02. The molecule has 0 heterocycles. The third kappa shape index (κ3) is 6.58. The number of benzene rings is 3. The molecule has 0 unspecified atom stereocenters. The summed E-state index contributed by atoms with van der Waals surface area (Å²) in [5.74, 6) is 1.53. The van der Waals surface area contributed by atoms with E-state index in [4.69, 9.17) is 21.7 Å². The van der Waals surface area contributed by atoms with Crippen LogP contribution in [0.3, 0.4) is 0 Å². The predicted molar refractivity (Wildman–Crippen MR) is 125 cm³/mol. The van der Waals surface area contributed by atoms with Gasteiger partial charge in [-0.1, -0.05) is 40.2 Å². The van der Waals surface area contributed by atoms with Gasteiger partial charge in [-0.05, 0) is 66.3 Å². The lowest BCUT2D eigenvalue weighted by Gasteiger charge is -2.10. The van der Waals surface area contributed by atoms with Crippen LogP contribution in [0.1, 0.15) is 11.1 Å². The molecule has 3 rings (SSSR count). The number of methoxy groups -OCH3 is 1. The Hall–Kier alpha value is -2.90. The smallest absolute Gasteiger partial charge is 0.191 e. The second-order valence-electron chi connectivity index (χ2n) is 6.01. The topological polar surface area (TPSA) is 54.9 Å². The van der Waals surface area contributed by atoms with Crippen molar-refractivity contribution in [2.24, 2.45) is 5.10 Å². The van der Waals surface area contributed by atoms with Gasteiger partial charge in [-0.3, -0.25) is 5.43 Å². The minimum atomic E-state index is 0.389. The molecular weight excluding hydrogens is 450 g/mol. The number of nitrogens with one attached hydrogen (secondary N) is 2. The molecule has 0 saturated carbocycles. The summed E-state index contributed by atoms with van der Waals surface area (Å²) in [4.78, 5) is 0. The Morgan fingerprint density at radius 2 is 1.76 bits per heavy atom. The Bertz CT molecular complexity index is 976. The number of rotatable bonds is 7. The molecule has 3 aromatic rings. The van der Waals surface area contributed by atoms with Crippen LogP contribution < -0.4 is 20.2 Å². The van der Waals surface area contributed by atoms with Crippen molar-refractivity contribution in [2.45, 2.75) is 6.61 Å². The van der Waals surface area contributed by atoms with Crippen LogP contribution in [0.2, 0.25) is 0 Å². The number of anilines is 1. The van der Waals surface area contributed by atoms with Crippen LogP contribution in [0.15, 0.2) is 82.4 Å². The summed E-state index contributed by atoms with van der Waals surface area (Å²) in [5, 5.41) is 7.66. The van der Waals surface area contributed by atoms with Crippen LogP contribution in [0.5, 0.6) is 11.5 Å². The van der Waals surface area contributed by atoms with E-state index in [1.165, 1.54) is 0 Å². The summed E-state index contributed by atoms with van der Waals surface area (Å²) < 4.78 is 12.1. The molecule has 0 aliphatic heterocycles. The summed E-state index contributed by atoms with van der Waals surface area (Å²) in [6.07, 6.45) is 1.68. The van der Waals surface area contributed by atoms with Gasteiger partial charge in [-0.25, -0.2) is 0 Å². The molecule has 0 bridgehead atoms. The van der Waals surface area contributed by atoms with E-state index < -0.39 is 0 Å². The molecule has 0 aliphatic carbocycles. The Morgan fingerprint density at radius 3 is 2.48 bits per heavy atom. The first-order valence-electron chi connectivity index (χ1n) is 8.84. The van der Waals surface area contributed by atoms with Crippen LogP contribution in [0.25, 0.3) is 0 Å².